The van der Waals surface area contributed by atoms with Crippen LogP contribution in [-0.2, 0) is 28.8 Å². The Balaban J connectivity index is -0.0000000496. The number of rotatable bonds is 4. The van der Waals surface area contributed by atoms with Crippen LogP contribution in [0, 0.1) is 0 Å². The van der Waals surface area contributed by atoms with Gasteiger partial charge in [0.2, 0.25) is 0 Å². The third-order valence-corrected chi connectivity index (χ3v) is 0.728. The summed E-state index contributed by atoms with van der Waals surface area (Å²) in [5.41, 5.74) is 1.69. The smallest absolute Gasteiger partial charge is 0.300 e. The number of nitrogens with zero attached hydrogens (tertiary/aromatic N) is 2. The Labute approximate surface area is 189 Å². The Hall–Kier alpha value is -3.46. The number of nitrogens with two attached hydrogens (primary N) is 3. The molecule has 14 N–H and O–H groups in total. The fourth-order valence-electron chi connectivity index (χ4n) is 0.273. The summed E-state index contributed by atoms with van der Waals surface area (Å²) in [5.74, 6) is 10.1. The average Bonchev–Trinajstić information content (AvgIpc) is 2.49. The Morgan fingerprint density at radius 1 is 0.545 bits per heavy atom. The molecule has 0 saturated carbocycles. The Morgan fingerprint density at radius 3 is 0.788 bits per heavy atom. The summed E-state index contributed by atoms with van der Waals surface area (Å²) < 4.78 is 0. The molecule has 0 heterocycles. The third-order valence-electron chi connectivity index (χ3n) is 0.728. The quantitative estimate of drug-likeness (QED) is 0.143. The fraction of sp³-hybridized carbons (Fsp3) is 0.571. The van der Waals surface area contributed by atoms with E-state index in [0.717, 1.165) is 51.8 Å². The van der Waals surface area contributed by atoms with Gasteiger partial charge in [-0.25, -0.2) is 0 Å². The molecule has 0 aromatic heterocycles. The number of nitrogens with one attached hydrogen (secondary N) is 1. The Bertz CT molecular complexity index is 401. The monoisotopic (exact) mass is 496 g/mol. The van der Waals surface area contributed by atoms with Gasteiger partial charge in [0.1, 0.15) is 0 Å². The molecule has 0 rings (SSSR count). The van der Waals surface area contributed by atoms with Crippen LogP contribution < -0.4 is 23.1 Å². The summed E-state index contributed by atoms with van der Waals surface area (Å²) in [4.78, 5) is 54.0. The number of hydrazine groups is 4. The first-order valence-electron chi connectivity index (χ1n) is 7.92. The van der Waals surface area contributed by atoms with Crippen molar-refractivity contribution < 1.29 is 64.6 Å². The van der Waals surface area contributed by atoms with E-state index in [1.807, 2.05) is 0 Å². The molecular formula is C14H36N6O13. The molecule has 0 aliphatic rings. The van der Waals surface area contributed by atoms with Crippen molar-refractivity contribution in [3.8, 4) is 0 Å². The van der Waals surface area contributed by atoms with Gasteiger partial charge < -0.3 is 35.8 Å². The lowest BCUT2D eigenvalue weighted by molar-refractivity contribution is -0.135. The maximum Gasteiger partial charge on any atom is 0.300 e. The number of carboxylic acids is 6. The van der Waals surface area contributed by atoms with E-state index in [1.54, 1.807) is 5.59 Å². The van der Waals surface area contributed by atoms with Crippen molar-refractivity contribution in [2.24, 2.45) is 17.5 Å². The van der Waals surface area contributed by atoms with E-state index in [1.165, 1.54) is 0 Å². The normalized spacial score (nSPS) is 7.64. The van der Waals surface area contributed by atoms with E-state index in [0.29, 0.717) is 13.1 Å². The average molecular weight is 496 g/mol. The highest BCUT2D eigenvalue weighted by molar-refractivity contribution is 5.64. The van der Waals surface area contributed by atoms with Crippen LogP contribution in [0.15, 0.2) is 0 Å². The van der Waals surface area contributed by atoms with Crippen molar-refractivity contribution in [2.45, 2.75) is 41.5 Å². The zero-order valence-electron chi connectivity index (χ0n) is 19.1. The van der Waals surface area contributed by atoms with Crippen LogP contribution in [0.2, 0.25) is 0 Å². The Kier molecular flexibility index (Phi) is 56.1. The minimum atomic E-state index is -0.833. The summed E-state index contributed by atoms with van der Waals surface area (Å²) in [7, 11) is 0. The molecule has 0 atom stereocenters. The van der Waals surface area contributed by atoms with Crippen LogP contribution in [-0.4, -0.2) is 95.0 Å². The van der Waals surface area contributed by atoms with Crippen LogP contribution in [0.1, 0.15) is 41.5 Å². The Morgan fingerprint density at radius 2 is 0.697 bits per heavy atom. The number of carbonyl (C=O) groups is 6. The second kappa shape index (κ2) is 39.1. The van der Waals surface area contributed by atoms with Crippen molar-refractivity contribution >= 4 is 35.8 Å². The molecule has 0 saturated heterocycles. The molecule has 0 aromatic rings. The lowest BCUT2D eigenvalue weighted by Crippen LogP contribution is -2.49. The molecule has 0 amide bonds. The predicted octanol–water partition coefficient (Wildman–Crippen LogP) is -2.35. The molecule has 0 aliphatic heterocycles. The summed E-state index contributed by atoms with van der Waals surface area (Å²) in [6.45, 7) is 7.20. The third kappa shape index (κ3) is 1600. The highest BCUT2D eigenvalue weighted by Gasteiger charge is 1.95. The van der Waals surface area contributed by atoms with Gasteiger partial charge in [-0.1, -0.05) is 0 Å². The number of hydrogen-bond donors (Lipinski definition) is 11. The van der Waals surface area contributed by atoms with Crippen LogP contribution in [0.3, 0.4) is 0 Å². The van der Waals surface area contributed by atoms with Crippen molar-refractivity contribution in [3.05, 3.63) is 0 Å². The largest absolute Gasteiger partial charge is 0.481 e. The zero-order valence-corrected chi connectivity index (χ0v) is 19.1. The van der Waals surface area contributed by atoms with E-state index in [9.17, 15) is 0 Å². The maximum atomic E-state index is 9.00. The van der Waals surface area contributed by atoms with Crippen LogP contribution in [0.25, 0.3) is 0 Å². The van der Waals surface area contributed by atoms with Crippen molar-refractivity contribution in [1.29, 1.82) is 0 Å². The minimum absolute atomic E-state index is 0.337. The minimum Gasteiger partial charge on any atom is -0.481 e. The zero-order chi connectivity index (χ0) is 28.7. The van der Waals surface area contributed by atoms with Gasteiger partial charge in [-0.2, -0.15) is 10.2 Å². The van der Waals surface area contributed by atoms with Gasteiger partial charge in [0.05, 0.1) is 0 Å². The lowest BCUT2D eigenvalue weighted by Gasteiger charge is -2.15. The number of hydrogen-bond acceptors (Lipinski definition) is 13. The van der Waals surface area contributed by atoms with Gasteiger partial charge in [-0.15, -0.1) is 5.59 Å². The highest BCUT2D eigenvalue weighted by atomic mass is 16.5. The molecule has 0 spiro atoms. The highest BCUT2D eigenvalue weighted by Crippen LogP contribution is 1.67. The molecule has 0 aliphatic carbocycles. The molecule has 200 valence electrons. The van der Waals surface area contributed by atoms with Gasteiger partial charge in [0.15, 0.2) is 0 Å². The van der Waals surface area contributed by atoms with E-state index < -0.39 is 35.8 Å². The fourth-order valence-corrected chi connectivity index (χ4v) is 0.273. The van der Waals surface area contributed by atoms with Crippen molar-refractivity contribution in [3.63, 3.8) is 0 Å². The maximum absolute atomic E-state index is 9.00. The summed E-state index contributed by atoms with van der Waals surface area (Å²) in [5, 5.41) is 54.5. The van der Waals surface area contributed by atoms with E-state index >= 15 is 0 Å². The molecular weight excluding hydrogens is 460 g/mol. The van der Waals surface area contributed by atoms with Crippen molar-refractivity contribution in [2.75, 3.05) is 13.1 Å². The number of carboxylic acid groups (broad SMARTS) is 6. The summed E-state index contributed by atoms with van der Waals surface area (Å²) in [6, 6.07) is 0. The molecule has 33 heavy (non-hydrogen) atoms. The molecule has 19 heteroatoms. The first-order valence-corrected chi connectivity index (χ1v) is 7.92. The van der Waals surface area contributed by atoms with Gasteiger partial charge in [-0.05, 0) is 0 Å². The standard InChI is InChI=1S/C2H12N6O.6C2H4O2/c3-7(4)1-2-8(5)6-9;6*1-2(3)4/h6,9H,1-5H2;6*1H3,(H,3,4). The molecule has 0 radical (unpaired) electrons. The summed E-state index contributed by atoms with van der Waals surface area (Å²) in [6.07, 6.45) is 0. The molecule has 0 unspecified atom stereocenters. The first-order chi connectivity index (χ1) is 14.6. The van der Waals surface area contributed by atoms with E-state index in [2.05, 4.69) is 0 Å². The van der Waals surface area contributed by atoms with Gasteiger partial charge in [0, 0.05) is 54.6 Å². The predicted molar refractivity (Wildman–Crippen MR) is 111 cm³/mol. The lowest BCUT2D eigenvalue weighted by atomic mass is 10.6. The van der Waals surface area contributed by atoms with Crippen LogP contribution in [0.4, 0.5) is 0 Å². The van der Waals surface area contributed by atoms with Gasteiger partial charge >= 0.3 is 0 Å². The van der Waals surface area contributed by atoms with Crippen molar-refractivity contribution in [1.82, 2.24) is 15.8 Å². The van der Waals surface area contributed by atoms with Gasteiger partial charge in [0.25, 0.3) is 35.8 Å². The second-order valence-corrected chi connectivity index (χ2v) is 4.65. The van der Waals surface area contributed by atoms with E-state index in [4.69, 9.17) is 82.1 Å². The molecule has 0 fully saturated rings. The molecule has 0 bridgehead atoms. The summed E-state index contributed by atoms with van der Waals surface area (Å²) >= 11 is 0. The number of aliphatic carboxylic acids is 6. The van der Waals surface area contributed by atoms with Crippen LogP contribution >= 0.6 is 0 Å². The van der Waals surface area contributed by atoms with E-state index in [-0.39, 0.29) is 0 Å². The SMILES string of the molecule is CC(=O)O.CC(=O)O.CC(=O)O.CC(=O)O.CC(=O)O.CC(=O)O.NN(N)CCN(N)NO. The topological polar surface area (TPSA) is 341 Å². The molecule has 0 aromatic carbocycles. The second-order valence-electron chi connectivity index (χ2n) is 4.65. The molecule has 19 nitrogen and oxygen atoms in total. The van der Waals surface area contributed by atoms with Gasteiger partial charge in [-0.3, -0.25) is 46.3 Å². The van der Waals surface area contributed by atoms with Crippen LogP contribution in [0.5, 0.6) is 0 Å². The first kappa shape index (κ1) is 47.4.